The van der Waals surface area contributed by atoms with Crippen LogP contribution < -0.4 is 0 Å². The van der Waals surface area contributed by atoms with Gasteiger partial charge in [0.25, 0.3) is 0 Å². The smallest absolute Gasteiger partial charge is 0.302 e. The molecular weight excluding hydrogens is 164 g/mol. The highest BCUT2D eigenvalue weighted by atomic mass is 35.5. The van der Waals surface area contributed by atoms with Crippen molar-refractivity contribution in [1.29, 1.82) is 0 Å². The minimum absolute atomic E-state index is 0.258. The Morgan fingerprint density at radius 1 is 1.27 bits per heavy atom. The quantitative estimate of drug-likeness (QED) is 0.374. The summed E-state index contributed by atoms with van der Waals surface area (Å²) in [5, 5.41) is 0. The highest BCUT2D eigenvalue weighted by Gasteiger charge is 1.97. The van der Waals surface area contributed by atoms with Crippen molar-refractivity contribution in [1.82, 2.24) is 0 Å². The fourth-order valence-electron chi connectivity index (χ4n) is 0.447. The van der Waals surface area contributed by atoms with Crippen LogP contribution in [0.5, 0.6) is 0 Å². The lowest BCUT2D eigenvalue weighted by molar-refractivity contribution is -0.139. The van der Waals surface area contributed by atoms with Crippen LogP contribution in [-0.2, 0) is 9.53 Å². The first kappa shape index (κ1) is 10.5. The van der Waals surface area contributed by atoms with Gasteiger partial charge in [0.2, 0.25) is 0 Å². The molecule has 11 heavy (non-hydrogen) atoms. The minimum Gasteiger partial charge on any atom is -0.461 e. The summed E-state index contributed by atoms with van der Waals surface area (Å²) >= 11 is 5.56. The Morgan fingerprint density at radius 3 is 2.18 bits per heavy atom. The molecule has 0 amide bonds. The molecule has 2 nitrogen and oxygen atoms in total. The summed E-state index contributed by atoms with van der Waals surface area (Å²) in [4.78, 5) is 10.4. The third-order valence-electron chi connectivity index (χ3n) is 1.42. The summed E-state index contributed by atoms with van der Waals surface area (Å²) in [6.45, 7) is 5.57. The first-order valence-corrected chi connectivity index (χ1v) is 3.96. The molecule has 0 fully saturated rings. The molecule has 0 aliphatic carbocycles. The molecule has 0 heterocycles. The fraction of sp³-hybridized carbons (Fsp3) is 0.625. The number of esters is 1. The molecule has 0 aromatic rings. The maximum atomic E-state index is 10.4. The zero-order valence-electron chi connectivity index (χ0n) is 7.11. The lowest BCUT2D eigenvalue weighted by Crippen LogP contribution is -2.03. The van der Waals surface area contributed by atoms with E-state index in [1.807, 2.05) is 13.8 Å². The number of alkyl halides is 1. The lowest BCUT2D eigenvalue weighted by Gasteiger charge is -2.04. The first-order chi connectivity index (χ1) is 5.07. The molecule has 0 saturated carbocycles. The van der Waals surface area contributed by atoms with E-state index in [0.29, 0.717) is 12.5 Å². The molecule has 0 radical (unpaired) electrons. The predicted octanol–water partition coefficient (Wildman–Crippen LogP) is 2.12. The van der Waals surface area contributed by atoms with Gasteiger partial charge in [-0.15, -0.1) is 11.6 Å². The topological polar surface area (TPSA) is 26.3 Å². The molecule has 0 aliphatic rings. The Hall–Kier alpha value is -0.500. The molecule has 0 spiro atoms. The van der Waals surface area contributed by atoms with Crippen LogP contribution in [0.15, 0.2) is 11.1 Å². The summed E-state index contributed by atoms with van der Waals surface area (Å²) in [6, 6.07) is 0. The second kappa shape index (κ2) is 5.19. The molecule has 0 bridgehead atoms. The van der Waals surface area contributed by atoms with Crippen LogP contribution in [0.3, 0.4) is 0 Å². The van der Waals surface area contributed by atoms with Crippen molar-refractivity contribution in [3.05, 3.63) is 11.1 Å². The van der Waals surface area contributed by atoms with E-state index >= 15 is 0 Å². The summed E-state index contributed by atoms with van der Waals surface area (Å²) < 4.78 is 4.77. The zero-order valence-corrected chi connectivity index (χ0v) is 7.86. The molecule has 0 atom stereocenters. The lowest BCUT2D eigenvalue weighted by atomic mass is 10.2. The number of hydrogen-bond acceptors (Lipinski definition) is 2. The number of carbonyl (C=O) groups excluding carboxylic acids is 1. The van der Waals surface area contributed by atoms with E-state index in [9.17, 15) is 4.79 Å². The zero-order chi connectivity index (χ0) is 8.85. The van der Waals surface area contributed by atoms with E-state index in [-0.39, 0.29) is 5.97 Å². The van der Waals surface area contributed by atoms with Gasteiger partial charge in [-0.2, -0.15) is 0 Å². The van der Waals surface area contributed by atoms with Crippen LogP contribution in [-0.4, -0.2) is 18.5 Å². The predicted molar refractivity (Wildman–Crippen MR) is 45.7 cm³/mol. The van der Waals surface area contributed by atoms with Gasteiger partial charge in [-0.25, -0.2) is 0 Å². The molecule has 0 saturated heterocycles. The third-order valence-corrected chi connectivity index (χ3v) is 1.82. The number of allylic oxidation sites excluding steroid dienone is 1. The van der Waals surface area contributed by atoms with E-state index in [4.69, 9.17) is 16.3 Å². The van der Waals surface area contributed by atoms with Gasteiger partial charge in [0.15, 0.2) is 0 Å². The molecule has 3 heteroatoms. The van der Waals surface area contributed by atoms with Crippen molar-refractivity contribution in [2.45, 2.75) is 20.8 Å². The number of rotatable bonds is 3. The molecule has 64 valence electrons. The van der Waals surface area contributed by atoms with Gasteiger partial charge in [-0.05, 0) is 19.4 Å². The maximum absolute atomic E-state index is 10.4. The Balaban J connectivity index is 3.85. The molecule has 0 N–H and O–H groups in total. The highest BCUT2D eigenvalue weighted by molar-refractivity contribution is 6.19. The second-order valence-corrected chi connectivity index (χ2v) is 2.74. The Labute approximate surface area is 72.2 Å². The van der Waals surface area contributed by atoms with Crippen LogP contribution in [0.4, 0.5) is 0 Å². The molecule has 0 aliphatic heterocycles. The molecular formula is C8H13ClO2. The SMILES string of the molecule is CC(=O)OC/C(C)=C(\C)CCl. The van der Waals surface area contributed by atoms with Gasteiger partial charge in [0, 0.05) is 12.8 Å². The summed E-state index contributed by atoms with van der Waals surface area (Å²) in [5.74, 6) is 0.235. The highest BCUT2D eigenvalue weighted by Crippen LogP contribution is 2.05. The monoisotopic (exact) mass is 176 g/mol. The van der Waals surface area contributed by atoms with Crippen molar-refractivity contribution in [3.63, 3.8) is 0 Å². The van der Waals surface area contributed by atoms with E-state index in [2.05, 4.69) is 0 Å². The van der Waals surface area contributed by atoms with E-state index in [0.717, 1.165) is 11.1 Å². The van der Waals surface area contributed by atoms with E-state index in [1.54, 1.807) is 0 Å². The standard InChI is InChI=1S/C8H13ClO2/c1-6(4-9)7(2)5-11-8(3)10/h4-5H2,1-3H3/b7-6+. The normalized spacial score (nSPS) is 12.4. The van der Waals surface area contributed by atoms with Gasteiger partial charge >= 0.3 is 5.97 Å². The first-order valence-electron chi connectivity index (χ1n) is 3.42. The maximum Gasteiger partial charge on any atom is 0.302 e. The number of carbonyl (C=O) groups is 1. The van der Waals surface area contributed by atoms with E-state index < -0.39 is 0 Å². The Morgan fingerprint density at radius 2 is 1.82 bits per heavy atom. The number of ether oxygens (including phenoxy) is 1. The van der Waals surface area contributed by atoms with Crippen molar-refractivity contribution >= 4 is 17.6 Å². The van der Waals surface area contributed by atoms with Crippen LogP contribution >= 0.6 is 11.6 Å². The van der Waals surface area contributed by atoms with E-state index in [1.165, 1.54) is 6.92 Å². The van der Waals surface area contributed by atoms with Crippen LogP contribution in [0.2, 0.25) is 0 Å². The molecule has 0 aromatic heterocycles. The van der Waals surface area contributed by atoms with Crippen molar-refractivity contribution < 1.29 is 9.53 Å². The van der Waals surface area contributed by atoms with Crippen molar-refractivity contribution in [3.8, 4) is 0 Å². The van der Waals surface area contributed by atoms with Crippen LogP contribution in [0.1, 0.15) is 20.8 Å². The largest absolute Gasteiger partial charge is 0.461 e. The Kier molecular flexibility index (Phi) is 4.95. The Bertz CT molecular complexity index is 173. The molecule has 0 rings (SSSR count). The summed E-state index contributed by atoms with van der Waals surface area (Å²) in [6.07, 6.45) is 0. The van der Waals surface area contributed by atoms with Gasteiger partial charge in [0.1, 0.15) is 6.61 Å². The van der Waals surface area contributed by atoms with Gasteiger partial charge < -0.3 is 4.74 Å². The molecule has 0 aromatic carbocycles. The average molecular weight is 177 g/mol. The van der Waals surface area contributed by atoms with Gasteiger partial charge in [0.05, 0.1) is 0 Å². The summed E-state index contributed by atoms with van der Waals surface area (Å²) in [7, 11) is 0. The summed E-state index contributed by atoms with van der Waals surface area (Å²) in [5.41, 5.74) is 2.09. The average Bonchev–Trinajstić information content (AvgIpc) is 1.98. The van der Waals surface area contributed by atoms with Gasteiger partial charge in [-0.1, -0.05) is 5.57 Å². The number of hydrogen-bond donors (Lipinski definition) is 0. The molecule has 0 unspecified atom stereocenters. The minimum atomic E-state index is -0.258. The fourth-order valence-corrected chi connectivity index (χ4v) is 0.675. The number of halogens is 1. The van der Waals surface area contributed by atoms with Crippen LogP contribution in [0.25, 0.3) is 0 Å². The van der Waals surface area contributed by atoms with Crippen LogP contribution in [0, 0.1) is 0 Å². The third kappa shape index (κ3) is 4.85. The second-order valence-electron chi connectivity index (χ2n) is 2.47. The van der Waals surface area contributed by atoms with Crippen molar-refractivity contribution in [2.24, 2.45) is 0 Å². The van der Waals surface area contributed by atoms with Crippen molar-refractivity contribution in [2.75, 3.05) is 12.5 Å². The van der Waals surface area contributed by atoms with Gasteiger partial charge in [-0.3, -0.25) is 4.79 Å².